The van der Waals surface area contributed by atoms with Crippen molar-refractivity contribution < 1.29 is 18.1 Å². The predicted octanol–water partition coefficient (Wildman–Crippen LogP) is 3.79. The zero-order valence-corrected chi connectivity index (χ0v) is 12.3. The van der Waals surface area contributed by atoms with E-state index in [-0.39, 0.29) is 12.3 Å². The third kappa shape index (κ3) is 4.04. The van der Waals surface area contributed by atoms with Gasteiger partial charge in [0.1, 0.15) is 5.76 Å². The summed E-state index contributed by atoms with van der Waals surface area (Å²) in [5.74, 6) is -2.25. The lowest BCUT2D eigenvalue weighted by Gasteiger charge is -2.10. The van der Waals surface area contributed by atoms with Crippen LogP contribution in [0.25, 0.3) is 0 Å². The van der Waals surface area contributed by atoms with Crippen molar-refractivity contribution in [2.45, 2.75) is 30.9 Å². The van der Waals surface area contributed by atoms with Gasteiger partial charge in [-0.2, -0.15) is 8.78 Å². The number of para-hydroxylation sites is 1. The minimum absolute atomic E-state index is 0.0921. The maximum absolute atomic E-state index is 12.5. The van der Waals surface area contributed by atoms with E-state index in [1.54, 1.807) is 38.1 Å². The number of carbonyl (C=O) groups excluding carboxylic acids is 1. The van der Waals surface area contributed by atoms with Crippen molar-refractivity contribution in [3.05, 3.63) is 41.3 Å². The lowest BCUT2D eigenvalue weighted by atomic mass is 10.1. The van der Waals surface area contributed by atoms with Crippen LogP contribution in [0.15, 0.2) is 33.7 Å². The van der Waals surface area contributed by atoms with Gasteiger partial charge in [-0.1, -0.05) is 29.1 Å². The Labute approximate surface area is 124 Å². The minimum Gasteiger partial charge on any atom is -0.361 e. The lowest BCUT2D eigenvalue weighted by Crippen LogP contribution is -2.15. The minimum atomic E-state index is -2.54. The SMILES string of the molecule is Cc1noc(C)c1CC(=O)Nc1ccccc1SC(F)F. The van der Waals surface area contributed by atoms with Crippen LogP contribution in [0.2, 0.25) is 0 Å². The first kappa shape index (κ1) is 15.5. The van der Waals surface area contributed by atoms with Crippen LogP contribution < -0.4 is 5.32 Å². The number of benzene rings is 1. The first-order valence-electron chi connectivity index (χ1n) is 6.23. The predicted molar refractivity (Wildman–Crippen MR) is 76.6 cm³/mol. The maximum atomic E-state index is 12.5. The summed E-state index contributed by atoms with van der Waals surface area (Å²) < 4.78 is 29.9. The molecule has 7 heteroatoms. The van der Waals surface area contributed by atoms with Crippen LogP contribution in [0.3, 0.4) is 0 Å². The second kappa shape index (κ2) is 6.71. The van der Waals surface area contributed by atoms with Gasteiger partial charge in [-0.25, -0.2) is 0 Å². The molecule has 0 aliphatic carbocycles. The van der Waals surface area contributed by atoms with E-state index in [0.29, 0.717) is 39.4 Å². The van der Waals surface area contributed by atoms with Crippen LogP contribution in [0, 0.1) is 13.8 Å². The molecule has 1 amide bonds. The molecule has 0 radical (unpaired) electrons. The van der Waals surface area contributed by atoms with Gasteiger partial charge in [-0.05, 0) is 26.0 Å². The van der Waals surface area contributed by atoms with Crippen LogP contribution in [0.4, 0.5) is 14.5 Å². The van der Waals surface area contributed by atoms with Crippen LogP contribution in [0.1, 0.15) is 17.0 Å². The quantitative estimate of drug-likeness (QED) is 0.854. The highest BCUT2D eigenvalue weighted by Gasteiger charge is 2.15. The number of rotatable bonds is 5. The highest BCUT2D eigenvalue weighted by molar-refractivity contribution is 7.99. The Morgan fingerprint density at radius 3 is 2.71 bits per heavy atom. The van der Waals surface area contributed by atoms with Gasteiger partial charge in [0.25, 0.3) is 5.76 Å². The van der Waals surface area contributed by atoms with Gasteiger partial charge in [-0.3, -0.25) is 4.79 Å². The van der Waals surface area contributed by atoms with E-state index in [2.05, 4.69) is 10.5 Å². The summed E-state index contributed by atoms with van der Waals surface area (Å²) in [4.78, 5) is 12.4. The van der Waals surface area contributed by atoms with E-state index in [9.17, 15) is 13.6 Å². The topological polar surface area (TPSA) is 55.1 Å². The highest BCUT2D eigenvalue weighted by Crippen LogP contribution is 2.31. The van der Waals surface area contributed by atoms with Crippen LogP contribution in [-0.4, -0.2) is 16.8 Å². The van der Waals surface area contributed by atoms with Gasteiger partial charge in [0, 0.05) is 10.5 Å². The summed E-state index contributed by atoms with van der Waals surface area (Å²) in [7, 11) is 0. The second-order valence-corrected chi connectivity index (χ2v) is 5.43. The molecule has 0 fully saturated rings. The smallest absolute Gasteiger partial charge is 0.288 e. The largest absolute Gasteiger partial charge is 0.361 e. The molecule has 21 heavy (non-hydrogen) atoms. The Bertz CT molecular complexity index is 624. The first-order chi connectivity index (χ1) is 9.97. The lowest BCUT2D eigenvalue weighted by molar-refractivity contribution is -0.115. The van der Waals surface area contributed by atoms with E-state index < -0.39 is 5.76 Å². The van der Waals surface area contributed by atoms with Gasteiger partial charge in [0.05, 0.1) is 17.8 Å². The number of nitrogens with one attached hydrogen (secondary N) is 1. The Kier molecular flexibility index (Phi) is 4.95. The number of hydrogen-bond donors (Lipinski definition) is 1. The molecule has 1 aromatic carbocycles. The normalized spacial score (nSPS) is 10.9. The van der Waals surface area contributed by atoms with Crippen LogP contribution in [-0.2, 0) is 11.2 Å². The number of aryl methyl sites for hydroxylation is 2. The maximum Gasteiger partial charge on any atom is 0.288 e. The van der Waals surface area contributed by atoms with Crippen molar-refractivity contribution in [3.8, 4) is 0 Å². The fourth-order valence-corrected chi connectivity index (χ4v) is 2.47. The molecule has 0 unspecified atom stereocenters. The molecule has 0 saturated heterocycles. The molecule has 1 heterocycles. The van der Waals surface area contributed by atoms with Crippen molar-refractivity contribution in [1.82, 2.24) is 5.16 Å². The molecular weight excluding hydrogens is 298 g/mol. The zero-order valence-electron chi connectivity index (χ0n) is 11.5. The number of anilines is 1. The van der Waals surface area contributed by atoms with Gasteiger partial charge < -0.3 is 9.84 Å². The second-order valence-electron chi connectivity index (χ2n) is 4.40. The van der Waals surface area contributed by atoms with Gasteiger partial charge >= 0.3 is 0 Å². The number of amides is 1. The average Bonchev–Trinajstić information content (AvgIpc) is 2.72. The van der Waals surface area contributed by atoms with E-state index >= 15 is 0 Å². The van der Waals surface area contributed by atoms with Crippen LogP contribution in [0.5, 0.6) is 0 Å². The van der Waals surface area contributed by atoms with Crippen molar-refractivity contribution in [3.63, 3.8) is 0 Å². The number of alkyl halides is 2. The van der Waals surface area contributed by atoms with E-state index in [1.807, 2.05) is 0 Å². The number of halogens is 2. The molecular formula is C14H14F2N2O2S. The molecule has 4 nitrogen and oxygen atoms in total. The standard InChI is InChI=1S/C14H14F2N2O2S/c1-8-10(9(2)20-18-8)7-13(19)17-11-5-3-4-6-12(11)21-14(15)16/h3-6,14H,7H2,1-2H3,(H,17,19). The van der Waals surface area contributed by atoms with Crippen molar-refractivity contribution in [2.75, 3.05) is 5.32 Å². The fraction of sp³-hybridized carbons (Fsp3) is 0.286. The van der Waals surface area contributed by atoms with Crippen LogP contribution >= 0.6 is 11.8 Å². The Balaban J connectivity index is 2.10. The number of carbonyl (C=O) groups is 1. The monoisotopic (exact) mass is 312 g/mol. The van der Waals surface area contributed by atoms with Gasteiger partial charge in [0.15, 0.2) is 0 Å². The molecule has 1 aromatic heterocycles. The average molecular weight is 312 g/mol. The van der Waals surface area contributed by atoms with E-state index in [1.165, 1.54) is 0 Å². The summed E-state index contributed by atoms with van der Waals surface area (Å²) in [6.45, 7) is 3.48. The summed E-state index contributed by atoms with van der Waals surface area (Å²) in [6.07, 6.45) is 0.0921. The third-order valence-electron chi connectivity index (χ3n) is 2.90. The summed E-state index contributed by atoms with van der Waals surface area (Å²) in [6, 6.07) is 6.47. The van der Waals surface area contributed by atoms with Gasteiger partial charge in [-0.15, -0.1) is 0 Å². The Hall–Kier alpha value is -1.89. The van der Waals surface area contributed by atoms with E-state index in [0.717, 1.165) is 0 Å². The molecule has 0 saturated carbocycles. The zero-order chi connectivity index (χ0) is 15.4. The molecule has 2 rings (SSSR count). The Morgan fingerprint density at radius 1 is 1.38 bits per heavy atom. The highest BCUT2D eigenvalue weighted by atomic mass is 32.2. The summed E-state index contributed by atoms with van der Waals surface area (Å²) in [5, 5.41) is 6.42. The van der Waals surface area contributed by atoms with Crippen molar-refractivity contribution >= 4 is 23.4 Å². The summed E-state index contributed by atoms with van der Waals surface area (Å²) >= 11 is 0.402. The molecule has 1 N–H and O–H groups in total. The molecule has 0 aliphatic rings. The Morgan fingerprint density at radius 2 is 2.10 bits per heavy atom. The molecule has 0 spiro atoms. The fourth-order valence-electron chi connectivity index (χ4n) is 1.88. The third-order valence-corrected chi connectivity index (χ3v) is 3.68. The number of hydrogen-bond acceptors (Lipinski definition) is 4. The summed E-state index contributed by atoms with van der Waals surface area (Å²) in [5.41, 5.74) is 1.74. The molecule has 2 aromatic rings. The molecule has 0 aliphatic heterocycles. The number of thioether (sulfide) groups is 1. The molecule has 0 bridgehead atoms. The first-order valence-corrected chi connectivity index (χ1v) is 7.10. The van der Waals surface area contributed by atoms with Crippen molar-refractivity contribution in [2.24, 2.45) is 0 Å². The molecule has 0 atom stereocenters. The number of aromatic nitrogens is 1. The number of nitrogens with zero attached hydrogens (tertiary/aromatic N) is 1. The van der Waals surface area contributed by atoms with Crippen molar-refractivity contribution in [1.29, 1.82) is 0 Å². The van der Waals surface area contributed by atoms with Gasteiger partial charge in [0.2, 0.25) is 5.91 Å². The van der Waals surface area contributed by atoms with E-state index in [4.69, 9.17) is 4.52 Å². The molecule has 112 valence electrons.